The van der Waals surface area contributed by atoms with Gasteiger partial charge < -0.3 is 111 Å². The number of nitrogens with one attached hydrogen (secondary N) is 15. The lowest BCUT2D eigenvalue weighted by Crippen LogP contribution is -2.61. The average molecular weight is 1580 g/mol. The number of nitrogens with zero attached hydrogens (tertiary/aromatic N) is 2. The fourth-order valence-electron chi connectivity index (χ4n) is 12.5. The van der Waals surface area contributed by atoms with E-state index in [9.17, 15) is 68.1 Å². The smallest absolute Gasteiger partial charge is 0.303 e. The number of benzene rings is 3. The number of para-hydroxylation sites is 1. The third-order valence-electron chi connectivity index (χ3n) is 18.4. The van der Waals surface area contributed by atoms with E-state index in [4.69, 9.17) is 22.6 Å². The number of hydrogen-bond acceptors (Lipinski definition) is 20. The van der Waals surface area contributed by atoms with Crippen molar-refractivity contribution in [2.24, 2.45) is 23.1 Å². The molecule has 13 amide bonds. The first kappa shape index (κ1) is 89.2. The van der Waals surface area contributed by atoms with Crippen molar-refractivity contribution in [1.29, 1.82) is 5.41 Å². The third-order valence-corrected chi connectivity index (χ3v) is 19.0. The molecular weight excluding hydrogens is 1470 g/mol. The normalized spacial score (nSPS) is 15.2. The summed E-state index contributed by atoms with van der Waals surface area (Å²) in [6.07, 6.45) is 5.21. The number of aliphatic hydroxyl groups excluding tert-OH is 1. The number of aromatic amines is 2. The maximum atomic E-state index is 15.1. The highest BCUT2D eigenvalue weighted by Crippen LogP contribution is 2.23. The van der Waals surface area contributed by atoms with Crippen LogP contribution in [-0.4, -0.2) is 235 Å². The van der Waals surface area contributed by atoms with Crippen molar-refractivity contribution in [2.45, 2.75) is 177 Å². The van der Waals surface area contributed by atoms with Crippen LogP contribution in [0, 0.1) is 11.3 Å². The molecule has 0 aliphatic carbocycles. The molecule has 1 fully saturated rings. The number of carbonyl (C=O) groups excluding carboxylic acids is 13. The van der Waals surface area contributed by atoms with Gasteiger partial charge in [0, 0.05) is 75.4 Å². The van der Waals surface area contributed by atoms with E-state index in [1.54, 1.807) is 80.9 Å². The molecular formula is C74H104N20O17S. The molecule has 11 atom stereocenters. The van der Waals surface area contributed by atoms with Gasteiger partial charge in [0.25, 0.3) is 0 Å². The molecule has 1 aliphatic heterocycles. The number of hydrogen-bond donors (Lipinski definition) is 21. The van der Waals surface area contributed by atoms with Crippen molar-refractivity contribution < 1.29 is 82.4 Å². The van der Waals surface area contributed by atoms with Crippen LogP contribution in [0.5, 0.6) is 5.75 Å². The van der Waals surface area contributed by atoms with Crippen molar-refractivity contribution in [3.8, 4) is 5.75 Å². The number of carboxylic acid groups (broad SMARTS) is 1. The third kappa shape index (κ3) is 29.0. The van der Waals surface area contributed by atoms with E-state index in [2.05, 4.69) is 78.8 Å². The molecule has 0 radical (unpaired) electrons. The van der Waals surface area contributed by atoms with E-state index >= 15 is 14.4 Å². The molecule has 6 rings (SSSR count). The Labute approximate surface area is 650 Å². The van der Waals surface area contributed by atoms with Gasteiger partial charge in [-0.25, -0.2) is 4.98 Å². The number of likely N-dealkylation sites (tertiary alicyclic amines) is 1. The molecule has 37 nitrogen and oxygen atoms in total. The van der Waals surface area contributed by atoms with Crippen LogP contribution in [0.25, 0.3) is 10.9 Å². The Morgan fingerprint density at radius 1 is 0.607 bits per heavy atom. The predicted octanol–water partition coefficient (Wildman–Crippen LogP) is -3.01. The van der Waals surface area contributed by atoms with Gasteiger partial charge in [0.05, 0.1) is 25.2 Å². The topological polar surface area (TPSA) is 594 Å². The molecule has 608 valence electrons. The number of thioether (sulfide) groups is 1. The van der Waals surface area contributed by atoms with Gasteiger partial charge in [0.15, 0.2) is 5.96 Å². The molecule has 5 aromatic rings. The number of carbonyl (C=O) groups is 14. The summed E-state index contributed by atoms with van der Waals surface area (Å²) in [5.41, 5.74) is 19.4. The van der Waals surface area contributed by atoms with Crippen molar-refractivity contribution in [3.63, 3.8) is 0 Å². The zero-order chi connectivity index (χ0) is 82.0. The maximum absolute atomic E-state index is 15.1. The molecule has 0 bridgehead atoms. The second-order valence-electron chi connectivity index (χ2n) is 27.4. The summed E-state index contributed by atoms with van der Waals surface area (Å²) in [4.78, 5) is 206. The minimum atomic E-state index is -1.75. The number of unbranched alkanes of at least 4 members (excludes halogenated alkanes) is 1. The fraction of sp³-hybridized carbons (Fsp3) is 0.486. The fourth-order valence-corrected chi connectivity index (χ4v) is 12.9. The molecule has 24 N–H and O–H groups in total. The lowest BCUT2D eigenvalue weighted by Gasteiger charge is -2.30. The van der Waals surface area contributed by atoms with Crippen molar-refractivity contribution in [2.75, 3.05) is 44.8 Å². The monoisotopic (exact) mass is 1580 g/mol. The number of nitrogens with two attached hydrogens (primary N) is 3. The number of carboxylic acids is 1. The maximum Gasteiger partial charge on any atom is 0.303 e. The van der Waals surface area contributed by atoms with Gasteiger partial charge in [-0.1, -0.05) is 74.5 Å². The minimum absolute atomic E-state index is 0.00915. The van der Waals surface area contributed by atoms with Gasteiger partial charge in [-0.2, -0.15) is 11.8 Å². The first-order chi connectivity index (χ1) is 53.5. The summed E-state index contributed by atoms with van der Waals surface area (Å²) in [6.45, 7) is 3.30. The summed E-state index contributed by atoms with van der Waals surface area (Å²) < 4.78 is 0. The molecule has 112 heavy (non-hydrogen) atoms. The standard InChI is InChI=1S/C74H104N20O17S/c1-41(2)62(63(76)101)93-72(110)59-20-13-30-94(59)73(111)53(18-10-11-28-75)85-60(98)38-82-64(102)56(34-45-36-81-49-17-9-8-16-48(45)49)90-65(103)50(19-12-29-80-74(77)78)86-69(107)55(32-43-14-6-5-7-15-43)89-70(108)57(35-46-37-79-40-83-46)91-66(104)51(25-26-61(99)100)87-67(105)52(27-31-112-4)88-71(109)58(39-95)92-68(106)54(84-42(3)96)33-44-21-23-47(97)24-22-44/h5-9,14-17,21-24,36-37,40-41,50-59,62,81,95,97H,10-13,18-20,25-35,38-39,75H2,1-4H3,(H2,76,101)(H,79,83)(H,82,102)(H,84,96)(H,85,98)(H,86,107)(H,87,105)(H,88,109)(H,89,108)(H,90,103)(H,91,104)(H,92,106)(H,93,110)(H,99,100)(H4,77,78,80). The Morgan fingerprint density at radius 2 is 1.15 bits per heavy atom. The van der Waals surface area contributed by atoms with Crippen LogP contribution in [0.15, 0.2) is 97.6 Å². The number of amides is 13. The number of phenolic OH excluding ortho intramolecular Hbond substituents is 1. The van der Waals surface area contributed by atoms with E-state index in [0.717, 1.165) is 6.92 Å². The first-order valence-corrected chi connectivity index (χ1v) is 38.2. The van der Waals surface area contributed by atoms with Gasteiger partial charge in [0.2, 0.25) is 76.8 Å². The van der Waals surface area contributed by atoms with Crippen LogP contribution in [0.4, 0.5) is 0 Å². The van der Waals surface area contributed by atoms with Crippen LogP contribution in [0.1, 0.15) is 107 Å². The molecule has 1 aliphatic rings. The molecule has 3 aromatic carbocycles. The molecule has 11 unspecified atom stereocenters. The van der Waals surface area contributed by atoms with E-state index < -0.39 is 181 Å². The van der Waals surface area contributed by atoms with Crippen LogP contribution < -0.4 is 81.0 Å². The first-order valence-electron chi connectivity index (χ1n) is 36.8. The highest BCUT2D eigenvalue weighted by molar-refractivity contribution is 7.98. The lowest BCUT2D eigenvalue weighted by molar-refractivity contribution is -0.142. The van der Waals surface area contributed by atoms with Gasteiger partial charge >= 0.3 is 5.97 Å². The summed E-state index contributed by atoms with van der Waals surface area (Å²) in [5.74, 6) is -13.2. The quantitative estimate of drug-likeness (QED) is 0.0105. The zero-order valence-electron chi connectivity index (χ0n) is 62.9. The number of fused-ring (bicyclic) bond motifs is 1. The molecule has 0 spiro atoms. The Bertz CT molecular complexity index is 4040. The minimum Gasteiger partial charge on any atom is -0.508 e. The van der Waals surface area contributed by atoms with Gasteiger partial charge in [-0.05, 0) is 117 Å². The number of aliphatic hydroxyl groups is 1. The number of primary amides is 1. The summed E-state index contributed by atoms with van der Waals surface area (Å²) in [7, 11) is 0. The Hall–Kier alpha value is -11.7. The van der Waals surface area contributed by atoms with Crippen molar-refractivity contribution >= 4 is 111 Å². The molecule has 2 aromatic heterocycles. The highest BCUT2D eigenvalue weighted by Gasteiger charge is 2.41. The average Bonchev–Trinajstić information content (AvgIpc) is 1.66. The van der Waals surface area contributed by atoms with Crippen LogP contribution in [-0.2, 0) is 92.8 Å². The number of guanidine groups is 1. The Kier molecular flexibility index (Phi) is 36.2. The van der Waals surface area contributed by atoms with Crippen molar-refractivity contribution in [1.82, 2.24) is 83.7 Å². The largest absolute Gasteiger partial charge is 0.508 e. The van der Waals surface area contributed by atoms with E-state index in [1.807, 2.05) is 0 Å². The van der Waals surface area contributed by atoms with Gasteiger partial charge in [0.1, 0.15) is 72.2 Å². The van der Waals surface area contributed by atoms with E-state index in [0.29, 0.717) is 46.9 Å². The summed E-state index contributed by atoms with van der Waals surface area (Å²) >= 11 is 1.26. The number of H-pyrrole nitrogens is 2. The van der Waals surface area contributed by atoms with Crippen molar-refractivity contribution in [3.05, 3.63) is 120 Å². The summed E-state index contributed by atoms with van der Waals surface area (Å²) in [6, 6.07) is 5.48. The van der Waals surface area contributed by atoms with Gasteiger partial charge in [-0.15, -0.1) is 0 Å². The SMILES string of the molecule is CSCCC(NC(=O)C(CO)NC(=O)C(Cc1ccc(O)cc1)NC(C)=O)C(=O)NC(CCC(=O)O)C(=O)NC(Cc1c[nH]cn1)C(=O)NC(Cc1ccccc1)C(=O)NC(CCCNC(=N)N)C(=O)NC(Cc1c[nH]c2ccccc12)C(=O)NCC(=O)NC(CCCCN)C(=O)N1CCCC1C(=O)NC(C(N)=O)C(C)C. The number of phenols is 1. The number of aromatic hydroxyl groups is 1. The van der Waals surface area contributed by atoms with Crippen LogP contribution in [0.3, 0.4) is 0 Å². The Morgan fingerprint density at radius 3 is 1.72 bits per heavy atom. The summed E-state index contributed by atoms with van der Waals surface area (Å²) in [5, 5.41) is 69.7. The number of rotatable bonds is 47. The van der Waals surface area contributed by atoms with E-state index in [1.165, 1.54) is 53.5 Å². The second-order valence-corrected chi connectivity index (χ2v) is 28.4. The molecule has 0 saturated carbocycles. The Balaban J connectivity index is 1.25. The number of imidazole rings is 1. The number of aliphatic carboxylic acids is 1. The van der Waals surface area contributed by atoms with E-state index in [-0.39, 0.29) is 101 Å². The van der Waals surface area contributed by atoms with Crippen LogP contribution in [0.2, 0.25) is 0 Å². The zero-order valence-corrected chi connectivity index (χ0v) is 63.7. The van der Waals surface area contributed by atoms with Gasteiger partial charge in [-0.3, -0.25) is 72.5 Å². The molecule has 38 heteroatoms. The van der Waals surface area contributed by atoms with Crippen LogP contribution >= 0.6 is 11.8 Å². The second kappa shape index (κ2) is 45.5. The number of aromatic nitrogens is 3. The molecule has 1 saturated heterocycles. The molecule has 3 heterocycles. The lowest BCUT2D eigenvalue weighted by atomic mass is 10.0. The predicted molar refractivity (Wildman–Crippen MR) is 412 cm³/mol. The highest BCUT2D eigenvalue weighted by atomic mass is 32.2.